The fourth-order valence-electron chi connectivity index (χ4n) is 9.60. The predicted molar refractivity (Wildman–Crippen MR) is 242 cm³/mol. The molecule has 4 heterocycles. The maximum Gasteiger partial charge on any atom is 0.235 e. The van der Waals surface area contributed by atoms with Gasteiger partial charge in [0.1, 0.15) is 0 Å². The lowest BCUT2D eigenvalue weighted by Gasteiger charge is -2.13. The molecule has 13 rings (SSSR count). The van der Waals surface area contributed by atoms with Crippen LogP contribution in [0.1, 0.15) is 0 Å². The molecule has 4 heteroatoms. The first-order valence-electron chi connectivity index (χ1n) is 19.8. The molecule has 0 N–H and O–H groups in total. The summed E-state index contributed by atoms with van der Waals surface area (Å²) in [5.41, 5.74) is 13.6. The molecule has 0 bridgehead atoms. The van der Waals surface area contributed by atoms with Gasteiger partial charge in [0.15, 0.2) is 0 Å². The Balaban J connectivity index is 1.10. The van der Waals surface area contributed by atoms with Crippen LogP contribution in [0.25, 0.3) is 121 Å². The Hall–Kier alpha value is -7.82. The summed E-state index contributed by atoms with van der Waals surface area (Å²) in [5.74, 6) is 0.664. The molecule has 0 unspecified atom stereocenters. The van der Waals surface area contributed by atoms with E-state index in [0.717, 1.165) is 33.2 Å². The van der Waals surface area contributed by atoms with Crippen LogP contribution < -0.4 is 0 Å². The average molecular weight is 737 g/mol. The Labute approximate surface area is 332 Å². The van der Waals surface area contributed by atoms with Crippen LogP contribution in [0.4, 0.5) is 0 Å². The van der Waals surface area contributed by atoms with Crippen LogP contribution >= 0.6 is 0 Å². The van der Waals surface area contributed by atoms with Gasteiger partial charge >= 0.3 is 0 Å². The molecule has 0 radical (unpaired) electrons. The Morgan fingerprint density at radius 1 is 0.328 bits per heavy atom. The summed E-state index contributed by atoms with van der Waals surface area (Å²) in [5, 5.41) is 10.7. The minimum Gasteiger partial charge on any atom is -0.308 e. The van der Waals surface area contributed by atoms with E-state index in [1.807, 2.05) is 0 Å². The fourth-order valence-corrected chi connectivity index (χ4v) is 9.60. The average Bonchev–Trinajstić information content (AvgIpc) is 3.93. The number of fused-ring (bicyclic) bond motifs is 12. The Morgan fingerprint density at radius 2 is 0.931 bits per heavy atom. The van der Waals surface area contributed by atoms with Gasteiger partial charge in [0.2, 0.25) is 5.95 Å². The third kappa shape index (κ3) is 4.40. The maximum absolute atomic E-state index is 5.51. The van der Waals surface area contributed by atoms with Crippen LogP contribution in [0.3, 0.4) is 0 Å². The van der Waals surface area contributed by atoms with E-state index in [1.54, 1.807) is 0 Å². The van der Waals surface area contributed by atoms with E-state index >= 15 is 0 Å². The van der Waals surface area contributed by atoms with Crippen molar-refractivity contribution in [3.8, 4) is 39.5 Å². The van der Waals surface area contributed by atoms with Crippen LogP contribution in [0.5, 0.6) is 0 Å². The van der Waals surface area contributed by atoms with Crippen molar-refractivity contribution in [3.05, 3.63) is 194 Å². The first-order valence-corrected chi connectivity index (χ1v) is 19.8. The molecular weight excluding hydrogens is 705 g/mol. The molecule has 4 nitrogen and oxygen atoms in total. The SMILES string of the molecule is c1ccc(-c2ccc(-c3ccc4c5cc6c7ccccc7n(-c7nc(-c8ccc9ccccc9c8)c8ccccc8n7)c6c6c7ccccc7n(c4c3)c56)cc2)cc1. The van der Waals surface area contributed by atoms with Gasteiger partial charge in [-0.1, -0.05) is 158 Å². The molecule has 58 heavy (non-hydrogen) atoms. The molecule has 0 atom stereocenters. The van der Waals surface area contributed by atoms with Gasteiger partial charge in [-0.05, 0) is 69.4 Å². The van der Waals surface area contributed by atoms with Crippen LogP contribution in [0.2, 0.25) is 0 Å². The lowest BCUT2D eigenvalue weighted by Crippen LogP contribution is -2.03. The van der Waals surface area contributed by atoms with Gasteiger partial charge in [0, 0.05) is 43.3 Å². The molecule has 0 aliphatic heterocycles. The van der Waals surface area contributed by atoms with Crippen LogP contribution in [-0.2, 0) is 0 Å². The van der Waals surface area contributed by atoms with Crippen LogP contribution in [0.15, 0.2) is 194 Å². The number of aromatic nitrogens is 4. The summed E-state index contributed by atoms with van der Waals surface area (Å²) >= 11 is 0. The molecule has 0 spiro atoms. The Bertz CT molecular complexity index is 3780. The molecule has 13 aromatic rings. The molecule has 268 valence electrons. The number of hydrogen-bond acceptors (Lipinski definition) is 2. The van der Waals surface area contributed by atoms with E-state index in [4.69, 9.17) is 9.97 Å². The van der Waals surface area contributed by atoms with Crippen molar-refractivity contribution in [3.63, 3.8) is 0 Å². The molecule has 0 aliphatic carbocycles. The lowest BCUT2D eigenvalue weighted by molar-refractivity contribution is 1.02. The quantitative estimate of drug-likeness (QED) is 0.180. The van der Waals surface area contributed by atoms with Gasteiger partial charge in [-0.25, -0.2) is 9.97 Å². The summed E-state index contributed by atoms with van der Waals surface area (Å²) in [6, 6.07) is 70.0. The van der Waals surface area contributed by atoms with Crippen LogP contribution in [-0.4, -0.2) is 18.9 Å². The summed E-state index contributed by atoms with van der Waals surface area (Å²) < 4.78 is 4.81. The highest BCUT2D eigenvalue weighted by atomic mass is 15.2. The first-order chi connectivity index (χ1) is 28.8. The van der Waals surface area contributed by atoms with Gasteiger partial charge in [-0.15, -0.1) is 0 Å². The highest BCUT2D eigenvalue weighted by Gasteiger charge is 2.26. The van der Waals surface area contributed by atoms with Crippen molar-refractivity contribution < 1.29 is 0 Å². The summed E-state index contributed by atoms with van der Waals surface area (Å²) in [7, 11) is 0. The number of rotatable bonds is 4. The molecule has 9 aromatic carbocycles. The zero-order valence-corrected chi connectivity index (χ0v) is 31.3. The second kappa shape index (κ2) is 11.8. The number of nitrogens with zero attached hydrogens (tertiary/aromatic N) is 4. The third-order valence-corrected chi connectivity index (χ3v) is 12.2. The highest BCUT2D eigenvalue weighted by molar-refractivity contribution is 6.34. The maximum atomic E-state index is 5.51. The molecule has 0 saturated carbocycles. The van der Waals surface area contributed by atoms with E-state index in [0.29, 0.717) is 5.95 Å². The molecule has 0 saturated heterocycles. The second-order valence-electron chi connectivity index (χ2n) is 15.4. The Kier molecular flexibility index (Phi) is 6.41. The van der Waals surface area contributed by atoms with E-state index in [2.05, 4.69) is 203 Å². The van der Waals surface area contributed by atoms with E-state index in [9.17, 15) is 0 Å². The van der Waals surface area contributed by atoms with Crippen LogP contribution in [0, 0.1) is 0 Å². The lowest BCUT2D eigenvalue weighted by atomic mass is 9.99. The molecule has 4 aromatic heterocycles. The minimum absolute atomic E-state index is 0.664. The smallest absolute Gasteiger partial charge is 0.235 e. The highest BCUT2D eigenvalue weighted by Crippen LogP contribution is 2.47. The molecule has 0 fully saturated rings. The summed E-state index contributed by atoms with van der Waals surface area (Å²) in [6.07, 6.45) is 0. The number of para-hydroxylation sites is 3. The zero-order chi connectivity index (χ0) is 37.9. The molecular formula is C54H32N4. The van der Waals surface area contributed by atoms with Crippen molar-refractivity contribution in [1.82, 2.24) is 18.9 Å². The first kappa shape index (κ1) is 31.4. The largest absolute Gasteiger partial charge is 0.308 e. The van der Waals surface area contributed by atoms with Crippen molar-refractivity contribution in [2.75, 3.05) is 0 Å². The van der Waals surface area contributed by atoms with Crippen molar-refractivity contribution >= 4 is 81.6 Å². The number of hydrogen-bond donors (Lipinski definition) is 0. The van der Waals surface area contributed by atoms with Gasteiger partial charge in [0.25, 0.3) is 0 Å². The van der Waals surface area contributed by atoms with E-state index in [1.165, 1.54) is 81.9 Å². The molecule has 0 aliphatic rings. The van der Waals surface area contributed by atoms with Gasteiger partial charge < -0.3 is 4.40 Å². The van der Waals surface area contributed by atoms with Crippen molar-refractivity contribution in [2.24, 2.45) is 0 Å². The molecule has 0 amide bonds. The second-order valence-corrected chi connectivity index (χ2v) is 15.4. The predicted octanol–water partition coefficient (Wildman–Crippen LogP) is 14.0. The van der Waals surface area contributed by atoms with Gasteiger partial charge in [-0.2, -0.15) is 0 Å². The van der Waals surface area contributed by atoms with Gasteiger partial charge in [-0.3, -0.25) is 4.57 Å². The standard InChI is InChI=1S/C54H32N4/c1-2-12-33(13-3-1)35-22-24-36(25-23-35)38-28-29-41-45-32-44-40-16-7-10-20-47(40)58(53(44)50-43-18-8-11-21-48(43)57(52(45)50)49(41)31-38)54-55-46-19-9-6-17-42(46)51(56-54)39-27-26-34-14-4-5-15-37(34)30-39/h1-32H. The normalized spacial score (nSPS) is 12.1. The summed E-state index contributed by atoms with van der Waals surface area (Å²) in [6.45, 7) is 0. The summed E-state index contributed by atoms with van der Waals surface area (Å²) in [4.78, 5) is 10.9. The Morgan fingerprint density at radius 3 is 1.78 bits per heavy atom. The number of benzene rings is 9. The third-order valence-electron chi connectivity index (χ3n) is 12.2. The van der Waals surface area contributed by atoms with Gasteiger partial charge in [0.05, 0.1) is 38.8 Å². The van der Waals surface area contributed by atoms with Crippen molar-refractivity contribution in [2.45, 2.75) is 0 Å². The minimum atomic E-state index is 0.664. The van der Waals surface area contributed by atoms with E-state index < -0.39 is 0 Å². The zero-order valence-electron chi connectivity index (χ0n) is 31.3. The topological polar surface area (TPSA) is 35.1 Å². The van der Waals surface area contributed by atoms with E-state index in [-0.39, 0.29) is 0 Å². The van der Waals surface area contributed by atoms with Crippen molar-refractivity contribution in [1.29, 1.82) is 0 Å². The monoisotopic (exact) mass is 736 g/mol. The fraction of sp³-hybridized carbons (Fsp3) is 0.